The molecule has 0 aromatic heterocycles. The van der Waals surface area contributed by atoms with Crippen molar-refractivity contribution in [2.45, 2.75) is 19.6 Å². The molecule has 2 aromatic carbocycles. The van der Waals surface area contributed by atoms with E-state index in [2.05, 4.69) is 4.99 Å². The first kappa shape index (κ1) is 23.3. The molecule has 2 aromatic rings. The number of nitro groups is 1. The smallest absolute Gasteiger partial charge is 0.323 e. The van der Waals surface area contributed by atoms with E-state index in [1.807, 2.05) is 0 Å². The molecule has 0 bridgehead atoms. The van der Waals surface area contributed by atoms with Crippen LogP contribution in [0.5, 0.6) is 5.75 Å². The second-order valence-corrected chi connectivity index (χ2v) is 7.12. The van der Waals surface area contributed by atoms with Crippen LogP contribution in [0.1, 0.15) is 18.1 Å². The molecule has 11 nitrogen and oxygen atoms in total. The normalized spacial score (nSPS) is 15.3. The maximum atomic E-state index is 12.6. The lowest BCUT2D eigenvalue weighted by Crippen LogP contribution is -2.48. The largest absolute Gasteiger partial charge is 0.489 e. The van der Waals surface area contributed by atoms with E-state index in [0.717, 1.165) is 4.90 Å². The number of ketones is 1. The van der Waals surface area contributed by atoms with Crippen molar-refractivity contribution in [1.82, 2.24) is 4.90 Å². The molecule has 1 heterocycles. The van der Waals surface area contributed by atoms with E-state index in [-0.39, 0.29) is 23.8 Å². The molecule has 3 N–H and O–H groups in total. The van der Waals surface area contributed by atoms with Gasteiger partial charge in [-0.05, 0) is 36.8 Å². The molecule has 1 aliphatic rings. The maximum Gasteiger partial charge on any atom is 0.323 e. The molecular weight excluding hydrogens is 432 g/mol. The number of rotatable bonds is 9. The van der Waals surface area contributed by atoms with Crippen LogP contribution in [0.4, 0.5) is 5.69 Å². The fourth-order valence-corrected chi connectivity index (χ4v) is 3.07. The van der Waals surface area contributed by atoms with E-state index < -0.39 is 35.2 Å². The lowest BCUT2D eigenvalue weighted by molar-refractivity contribution is -0.385. The first-order valence-corrected chi connectivity index (χ1v) is 9.72. The summed E-state index contributed by atoms with van der Waals surface area (Å²) in [5.41, 5.74) is 6.67. The second kappa shape index (κ2) is 9.83. The van der Waals surface area contributed by atoms with Crippen molar-refractivity contribution >= 4 is 35.3 Å². The topological polar surface area (TPSA) is 165 Å². The van der Waals surface area contributed by atoms with Crippen LogP contribution in [0.15, 0.2) is 59.2 Å². The molecule has 0 fully saturated rings. The Balaban J connectivity index is 1.77. The van der Waals surface area contributed by atoms with E-state index in [4.69, 9.17) is 15.6 Å². The highest BCUT2D eigenvalue weighted by Crippen LogP contribution is 2.23. The van der Waals surface area contributed by atoms with Crippen molar-refractivity contribution in [1.29, 1.82) is 0 Å². The molecule has 1 atom stereocenters. The van der Waals surface area contributed by atoms with Gasteiger partial charge in [-0.25, -0.2) is 4.99 Å². The Bertz CT molecular complexity index is 1170. The molecule has 0 saturated carbocycles. The van der Waals surface area contributed by atoms with Gasteiger partial charge in [0.2, 0.25) is 0 Å². The first-order chi connectivity index (χ1) is 15.7. The Morgan fingerprint density at radius 2 is 1.91 bits per heavy atom. The Morgan fingerprint density at radius 1 is 1.24 bits per heavy atom. The summed E-state index contributed by atoms with van der Waals surface area (Å²) >= 11 is 0. The SMILES string of the molecule is CC(=O)[C@H](N)C1=N/C(=C\c2ccc(OCc3ccccc3[N+](=O)[O-])cc2)C(=O)N1CC(=O)O. The zero-order chi connectivity index (χ0) is 24.1. The highest BCUT2D eigenvalue weighted by atomic mass is 16.6. The van der Waals surface area contributed by atoms with Gasteiger partial charge in [0.15, 0.2) is 5.78 Å². The molecule has 0 saturated heterocycles. The third-order valence-electron chi connectivity index (χ3n) is 4.75. The van der Waals surface area contributed by atoms with Crippen molar-refractivity contribution in [2.24, 2.45) is 10.7 Å². The standard InChI is InChI=1S/C22H20N4O7/c1-13(27)20(23)21-24-17(22(30)25(21)11-19(28)29)10-14-6-8-16(9-7-14)33-12-15-4-2-3-5-18(15)26(31)32/h2-10,20H,11-12,23H2,1H3,(H,28,29)/b17-10-/t20-/m0/s1. The Morgan fingerprint density at radius 3 is 2.52 bits per heavy atom. The summed E-state index contributed by atoms with van der Waals surface area (Å²) in [4.78, 5) is 51.0. The summed E-state index contributed by atoms with van der Waals surface area (Å²) in [6, 6.07) is 11.5. The van der Waals surface area contributed by atoms with Crippen LogP contribution in [0.2, 0.25) is 0 Å². The fraction of sp³-hybridized carbons (Fsp3) is 0.182. The molecule has 170 valence electrons. The first-order valence-electron chi connectivity index (χ1n) is 9.72. The number of hydrogen-bond donors (Lipinski definition) is 2. The number of aliphatic carboxylic acids is 1. The van der Waals surface area contributed by atoms with Crippen LogP contribution >= 0.6 is 0 Å². The van der Waals surface area contributed by atoms with E-state index in [1.54, 1.807) is 42.5 Å². The van der Waals surface area contributed by atoms with Crippen molar-refractivity contribution in [3.63, 3.8) is 0 Å². The lowest BCUT2D eigenvalue weighted by atomic mass is 10.1. The second-order valence-electron chi connectivity index (χ2n) is 7.12. The van der Waals surface area contributed by atoms with Gasteiger partial charge in [-0.15, -0.1) is 0 Å². The quantitative estimate of drug-likeness (QED) is 0.330. The number of nitro benzene ring substituents is 1. The number of nitrogens with two attached hydrogens (primary N) is 1. The van der Waals surface area contributed by atoms with Gasteiger partial charge in [-0.2, -0.15) is 0 Å². The number of carboxylic acids is 1. The third kappa shape index (κ3) is 5.46. The molecule has 0 radical (unpaired) electrons. The van der Waals surface area contributed by atoms with Crippen molar-refractivity contribution in [2.75, 3.05) is 6.54 Å². The number of benzene rings is 2. The van der Waals surface area contributed by atoms with Crippen LogP contribution in [0.25, 0.3) is 6.08 Å². The van der Waals surface area contributed by atoms with Gasteiger partial charge in [-0.1, -0.05) is 24.3 Å². The fourth-order valence-electron chi connectivity index (χ4n) is 3.07. The van der Waals surface area contributed by atoms with Crippen LogP contribution in [0.3, 0.4) is 0 Å². The number of Topliss-reactive ketones (excluding diaryl/α,β-unsaturated/α-hetero) is 1. The summed E-state index contributed by atoms with van der Waals surface area (Å²) in [5, 5.41) is 20.2. The van der Waals surface area contributed by atoms with Gasteiger partial charge in [0.1, 0.15) is 36.5 Å². The number of para-hydroxylation sites is 1. The average Bonchev–Trinajstić information content (AvgIpc) is 3.07. The highest BCUT2D eigenvalue weighted by molar-refractivity contribution is 6.21. The van der Waals surface area contributed by atoms with Crippen LogP contribution in [-0.4, -0.2) is 51.0 Å². The van der Waals surface area contributed by atoms with Crippen molar-refractivity contribution in [3.05, 3.63) is 75.5 Å². The minimum absolute atomic E-state index is 0.00316. The molecule has 3 rings (SSSR count). The molecule has 0 aliphatic carbocycles. The van der Waals surface area contributed by atoms with Crippen molar-refractivity contribution in [3.8, 4) is 5.75 Å². The number of aliphatic imine (C=N–C) groups is 1. The summed E-state index contributed by atoms with van der Waals surface area (Å²) in [5.74, 6) is -2.08. The molecule has 11 heteroatoms. The molecule has 1 aliphatic heterocycles. The monoisotopic (exact) mass is 452 g/mol. The summed E-state index contributed by atoms with van der Waals surface area (Å²) in [6.45, 7) is 0.548. The number of carboxylic acid groups (broad SMARTS) is 1. The van der Waals surface area contributed by atoms with Gasteiger partial charge >= 0.3 is 5.97 Å². The number of amidine groups is 1. The third-order valence-corrected chi connectivity index (χ3v) is 4.75. The Kier molecular flexibility index (Phi) is 6.94. The van der Waals surface area contributed by atoms with E-state index in [9.17, 15) is 24.5 Å². The summed E-state index contributed by atoms with van der Waals surface area (Å²) < 4.78 is 5.62. The molecular formula is C22H20N4O7. The summed E-state index contributed by atoms with van der Waals surface area (Å²) in [6.07, 6.45) is 1.43. The minimum atomic E-state index is -1.27. The number of nitrogens with zero attached hydrogens (tertiary/aromatic N) is 3. The number of amides is 1. The zero-order valence-electron chi connectivity index (χ0n) is 17.5. The maximum absolute atomic E-state index is 12.6. The zero-order valence-corrected chi connectivity index (χ0v) is 17.5. The Labute approximate surface area is 187 Å². The van der Waals surface area contributed by atoms with Gasteiger partial charge < -0.3 is 15.6 Å². The highest BCUT2D eigenvalue weighted by Gasteiger charge is 2.36. The minimum Gasteiger partial charge on any atom is -0.489 e. The van der Waals surface area contributed by atoms with Crippen LogP contribution in [0, 0.1) is 10.1 Å². The molecule has 0 spiro atoms. The van der Waals surface area contributed by atoms with Gasteiger partial charge in [-0.3, -0.25) is 29.4 Å². The van der Waals surface area contributed by atoms with E-state index in [1.165, 1.54) is 19.1 Å². The Hall–Kier alpha value is -4.38. The van der Waals surface area contributed by atoms with Gasteiger partial charge in [0, 0.05) is 6.07 Å². The predicted octanol–water partition coefficient (Wildman–Crippen LogP) is 1.76. The van der Waals surface area contributed by atoms with Crippen LogP contribution < -0.4 is 10.5 Å². The van der Waals surface area contributed by atoms with Gasteiger partial charge in [0.25, 0.3) is 11.6 Å². The predicted molar refractivity (Wildman–Crippen MR) is 117 cm³/mol. The lowest BCUT2D eigenvalue weighted by Gasteiger charge is -2.18. The number of ether oxygens (including phenoxy) is 1. The molecule has 0 unspecified atom stereocenters. The van der Waals surface area contributed by atoms with E-state index in [0.29, 0.717) is 16.9 Å². The summed E-state index contributed by atoms with van der Waals surface area (Å²) in [7, 11) is 0. The number of hydrogen-bond acceptors (Lipinski definition) is 8. The van der Waals surface area contributed by atoms with Crippen molar-refractivity contribution < 1.29 is 29.2 Å². The molecule has 33 heavy (non-hydrogen) atoms. The number of carbonyl (C=O) groups is 3. The van der Waals surface area contributed by atoms with Gasteiger partial charge in [0.05, 0.1) is 10.5 Å². The molecule has 1 amide bonds. The average molecular weight is 452 g/mol. The van der Waals surface area contributed by atoms with Crippen LogP contribution in [-0.2, 0) is 21.0 Å². The van der Waals surface area contributed by atoms with E-state index >= 15 is 0 Å². The number of carbonyl (C=O) groups excluding carboxylic acids is 2.